The van der Waals surface area contributed by atoms with E-state index in [-0.39, 0.29) is 69.9 Å². The summed E-state index contributed by atoms with van der Waals surface area (Å²) in [4.78, 5) is 102. The van der Waals surface area contributed by atoms with Crippen molar-refractivity contribution in [2.24, 2.45) is 29.6 Å². The highest BCUT2D eigenvalue weighted by molar-refractivity contribution is 6.39. The van der Waals surface area contributed by atoms with Crippen LogP contribution in [0.25, 0.3) is 0 Å². The average molecular weight is 1030 g/mol. The van der Waals surface area contributed by atoms with Crippen molar-refractivity contribution in [3.63, 3.8) is 0 Å². The molecule has 18 nitrogen and oxygen atoms in total. The number of ketones is 1. The number of amides is 5. The Morgan fingerprint density at radius 3 is 2.28 bits per heavy atom. The number of allylic oxidation sites excluding steroid dienone is 1. The molecule has 74 heavy (non-hydrogen) atoms. The summed E-state index contributed by atoms with van der Waals surface area (Å²) in [5, 5.41) is 24.0. The fourth-order valence-corrected chi connectivity index (χ4v) is 10.9. The van der Waals surface area contributed by atoms with Gasteiger partial charge < -0.3 is 55.3 Å². The lowest BCUT2D eigenvalue weighted by Gasteiger charge is -2.42. The first-order valence-electron chi connectivity index (χ1n) is 27.0. The van der Waals surface area contributed by atoms with Crippen LogP contribution in [0.4, 0.5) is 0 Å². The highest BCUT2D eigenvalue weighted by Gasteiger charge is 2.53. The fraction of sp³-hybridized carbons (Fsp3) is 0.696. The predicted octanol–water partition coefficient (Wildman–Crippen LogP) is 4.40. The maximum absolute atomic E-state index is 14.4. The smallest absolute Gasteiger partial charge is 0.329 e. The number of methoxy groups -OCH3 is 1. The van der Waals surface area contributed by atoms with Gasteiger partial charge in [-0.3, -0.25) is 28.8 Å². The summed E-state index contributed by atoms with van der Waals surface area (Å²) >= 11 is 0. The van der Waals surface area contributed by atoms with Crippen LogP contribution in [0.1, 0.15) is 124 Å². The van der Waals surface area contributed by atoms with E-state index < -0.39 is 83.3 Å². The van der Waals surface area contributed by atoms with E-state index in [1.807, 2.05) is 51.1 Å². The Labute approximate surface area is 439 Å². The summed E-state index contributed by atoms with van der Waals surface area (Å²) in [6.45, 7) is 18.2. The van der Waals surface area contributed by atoms with Gasteiger partial charge in [0.2, 0.25) is 29.4 Å². The van der Waals surface area contributed by atoms with Gasteiger partial charge in [0.15, 0.2) is 0 Å². The summed E-state index contributed by atoms with van der Waals surface area (Å²) in [6.07, 6.45) is 6.12. The van der Waals surface area contributed by atoms with Gasteiger partial charge in [-0.2, -0.15) is 0 Å². The number of fused-ring (bicyclic) bond motifs is 3. The molecule has 412 valence electrons. The number of cyclic esters (lactones) is 1. The summed E-state index contributed by atoms with van der Waals surface area (Å²) in [7, 11) is 4.78. The third-order valence-electron chi connectivity index (χ3n) is 15.7. The normalized spacial score (nSPS) is 31.3. The molecule has 0 radical (unpaired) electrons. The first kappa shape index (κ1) is 59.5. The lowest BCUT2D eigenvalue weighted by molar-refractivity contribution is -0.263. The molecule has 11 atom stereocenters. The number of esters is 1. The Kier molecular flexibility index (Phi) is 22.5. The molecule has 0 aromatic heterocycles. The largest absolute Gasteiger partial charge is 0.460 e. The molecular weight excluding hydrogens is 947 g/mol. The van der Waals surface area contributed by atoms with E-state index in [1.165, 1.54) is 21.7 Å². The minimum absolute atomic E-state index is 0.00124. The van der Waals surface area contributed by atoms with Crippen molar-refractivity contribution in [2.45, 2.75) is 167 Å². The molecule has 1 aromatic carbocycles. The minimum atomic E-state index is -2.44. The standard InChI is InChI=1S/C56H87N7O11/c1-35(2)28-46-52(67)60-44(31-41-16-12-11-13-17-41)53(68)61(8)34-49(64)58-26-25-57-40(7)30-48(37(4)29-42-22-19-36(3)47(32-42)72-10)73-55(70)45-18-14-15-27-63(45)54(69)51(66)56(71)38(5)20-23-43(74-56)24-21-39(6)59-33-50(65)62(46)9/h11-13,16-17,35-38,42-48,57,59,71H,6-7,14-15,18-34H2,1-5,8-10H3,(H,58,64)(H,60,67)/t36-,37-,38-,42+,43+,44+,45+,46+,47-,48+,56-/m1/s1. The van der Waals surface area contributed by atoms with E-state index in [9.17, 15) is 38.7 Å². The molecule has 1 aromatic rings. The van der Waals surface area contributed by atoms with Gasteiger partial charge in [0.25, 0.3) is 11.7 Å². The molecule has 4 fully saturated rings. The number of nitrogens with one attached hydrogen (secondary N) is 4. The molecule has 1 aliphatic carbocycles. The van der Waals surface area contributed by atoms with Gasteiger partial charge in [0.1, 0.15) is 24.2 Å². The van der Waals surface area contributed by atoms with Gasteiger partial charge in [-0.05, 0) is 106 Å². The second kappa shape index (κ2) is 28.0. The molecule has 0 unspecified atom stereocenters. The van der Waals surface area contributed by atoms with Crippen molar-refractivity contribution in [3.05, 3.63) is 60.4 Å². The van der Waals surface area contributed by atoms with Gasteiger partial charge in [0, 0.05) is 71.0 Å². The number of Topliss-reactive ketones (excluding diaryl/α,β-unsaturated/α-hetero) is 1. The van der Waals surface area contributed by atoms with Gasteiger partial charge in [-0.15, -0.1) is 0 Å². The van der Waals surface area contributed by atoms with Crippen molar-refractivity contribution >= 4 is 41.3 Å². The number of piperidine rings is 1. The van der Waals surface area contributed by atoms with Crippen LogP contribution < -0.4 is 21.3 Å². The number of aliphatic hydroxyl groups is 1. The molecule has 3 heterocycles. The number of carbonyl (C=O) groups is 7. The SMILES string of the molecule is C=C1CC[C@@H]2CC[C@@H](C)[C@@](O)(O2)C(=O)C(=O)N2CCCC[C@H]2C(=O)O[C@H]([C@H](C)C[C@@H]2CC[C@@H](C)[C@H](OC)C2)CC(=C)NCCNC(=O)CN(C)C(=O)[C@H](Cc2ccccc2)NC(=O)[C@H](CC(C)C)N(C)C(=O)CN1. The van der Waals surface area contributed by atoms with E-state index in [2.05, 4.69) is 41.3 Å². The second-order valence-corrected chi connectivity index (χ2v) is 22.0. The molecule has 5 N–H and O–H groups in total. The Morgan fingerprint density at radius 2 is 1.58 bits per heavy atom. The van der Waals surface area contributed by atoms with Crippen LogP contribution in [0.15, 0.2) is 54.9 Å². The van der Waals surface area contributed by atoms with Crippen LogP contribution >= 0.6 is 0 Å². The van der Waals surface area contributed by atoms with Gasteiger partial charge in [0.05, 0.1) is 25.3 Å². The fourth-order valence-electron chi connectivity index (χ4n) is 10.9. The predicted molar refractivity (Wildman–Crippen MR) is 280 cm³/mol. The molecule has 5 rings (SSSR count). The third kappa shape index (κ3) is 16.6. The zero-order chi connectivity index (χ0) is 54.3. The van der Waals surface area contributed by atoms with Crippen molar-refractivity contribution in [1.82, 2.24) is 36.0 Å². The first-order chi connectivity index (χ1) is 35.1. The summed E-state index contributed by atoms with van der Waals surface area (Å²) in [5.41, 5.74) is 1.83. The lowest BCUT2D eigenvalue weighted by atomic mass is 9.76. The van der Waals surface area contributed by atoms with Crippen LogP contribution in [-0.4, -0.2) is 157 Å². The lowest BCUT2D eigenvalue weighted by Crippen LogP contribution is -2.60. The van der Waals surface area contributed by atoms with Crippen LogP contribution in [0.2, 0.25) is 0 Å². The van der Waals surface area contributed by atoms with Gasteiger partial charge in [-0.25, -0.2) is 4.79 Å². The van der Waals surface area contributed by atoms with E-state index in [1.54, 1.807) is 21.1 Å². The number of carbonyl (C=O) groups excluding carboxylic acids is 7. The molecule has 3 aliphatic heterocycles. The highest BCUT2D eigenvalue weighted by atomic mass is 16.6. The quantitative estimate of drug-likeness (QED) is 0.180. The molecule has 5 amide bonds. The zero-order valence-corrected chi connectivity index (χ0v) is 45.5. The third-order valence-corrected chi connectivity index (χ3v) is 15.7. The minimum Gasteiger partial charge on any atom is -0.460 e. The molecule has 4 aliphatic rings. The molecule has 1 saturated carbocycles. The van der Waals surface area contributed by atoms with Crippen LogP contribution in [0, 0.1) is 29.6 Å². The van der Waals surface area contributed by atoms with Gasteiger partial charge >= 0.3 is 5.97 Å². The molecular formula is C56H87N7O11. The number of likely N-dealkylation sites (N-methyl/N-ethyl adjacent to an activating group) is 2. The van der Waals surface area contributed by atoms with Crippen molar-refractivity contribution in [3.8, 4) is 0 Å². The van der Waals surface area contributed by atoms with E-state index >= 15 is 0 Å². The molecule has 0 spiro atoms. The number of nitrogens with zero attached hydrogens (tertiary/aromatic N) is 3. The Morgan fingerprint density at radius 1 is 0.865 bits per heavy atom. The van der Waals surface area contributed by atoms with Crippen LogP contribution in [0.5, 0.6) is 0 Å². The van der Waals surface area contributed by atoms with E-state index in [0.717, 1.165) is 31.2 Å². The van der Waals surface area contributed by atoms with Crippen molar-refractivity contribution < 1.29 is 52.9 Å². The number of benzene rings is 1. The van der Waals surface area contributed by atoms with Crippen molar-refractivity contribution in [1.29, 1.82) is 0 Å². The second-order valence-electron chi connectivity index (χ2n) is 22.0. The first-order valence-corrected chi connectivity index (χ1v) is 27.0. The Hall–Kier alpha value is -5.33. The molecule has 3 saturated heterocycles. The van der Waals surface area contributed by atoms with Crippen molar-refractivity contribution in [2.75, 3.05) is 53.9 Å². The maximum Gasteiger partial charge on any atom is 0.329 e. The summed E-state index contributed by atoms with van der Waals surface area (Å²) in [6, 6.07) is 6.17. The van der Waals surface area contributed by atoms with Crippen LogP contribution in [-0.2, 0) is 54.2 Å². The molecule has 18 heteroatoms. The van der Waals surface area contributed by atoms with Gasteiger partial charge in [-0.1, -0.05) is 78.1 Å². The molecule has 2 bridgehead atoms. The number of hydrogen-bond acceptors (Lipinski definition) is 13. The number of hydrogen-bond donors (Lipinski definition) is 5. The average Bonchev–Trinajstić information content (AvgIpc) is 3.37. The van der Waals surface area contributed by atoms with E-state index in [0.29, 0.717) is 68.2 Å². The van der Waals surface area contributed by atoms with Crippen LogP contribution in [0.3, 0.4) is 0 Å². The number of ether oxygens (including phenoxy) is 3. The Bertz CT molecular complexity index is 2120. The Balaban J connectivity index is 1.40. The highest BCUT2D eigenvalue weighted by Crippen LogP contribution is 2.38. The summed E-state index contributed by atoms with van der Waals surface area (Å²) in [5.74, 6) is -7.14. The number of rotatable bonds is 8. The zero-order valence-electron chi connectivity index (χ0n) is 45.5. The maximum atomic E-state index is 14.4. The van der Waals surface area contributed by atoms with E-state index in [4.69, 9.17) is 14.2 Å². The monoisotopic (exact) mass is 1030 g/mol. The summed E-state index contributed by atoms with van der Waals surface area (Å²) < 4.78 is 18.3. The topological polar surface area (TPSA) is 225 Å².